The molecule has 0 aromatic heterocycles. The van der Waals surface area contributed by atoms with Crippen molar-refractivity contribution in [1.82, 2.24) is 10.2 Å². The molecule has 0 unspecified atom stereocenters. The van der Waals surface area contributed by atoms with Gasteiger partial charge in [0.1, 0.15) is 11.9 Å². The highest BCUT2D eigenvalue weighted by Crippen LogP contribution is 2.19. The van der Waals surface area contributed by atoms with Crippen LogP contribution in [0.25, 0.3) is 0 Å². The fourth-order valence-electron chi connectivity index (χ4n) is 4.12. The molecular weight excluding hydrogens is 379 g/mol. The van der Waals surface area contributed by atoms with Gasteiger partial charge in [-0.1, -0.05) is 68.7 Å². The van der Waals surface area contributed by atoms with Crippen LogP contribution in [0.2, 0.25) is 0 Å². The van der Waals surface area contributed by atoms with Gasteiger partial charge in [-0.05, 0) is 42.5 Å². The quantitative estimate of drug-likeness (QED) is 0.690. The van der Waals surface area contributed by atoms with Crippen molar-refractivity contribution in [2.45, 2.75) is 70.5 Å². The average molecular weight is 411 g/mol. The number of amides is 2. The maximum atomic E-state index is 13.3. The van der Waals surface area contributed by atoms with Gasteiger partial charge in [0.25, 0.3) is 0 Å². The summed E-state index contributed by atoms with van der Waals surface area (Å²) in [5.41, 5.74) is 1.72. The zero-order valence-electron chi connectivity index (χ0n) is 17.6. The molecule has 4 nitrogen and oxygen atoms in total. The molecule has 160 valence electrons. The van der Waals surface area contributed by atoms with Crippen LogP contribution in [0.1, 0.15) is 56.6 Å². The molecule has 2 amide bonds. The lowest BCUT2D eigenvalue weighted by Gasteiger charge is -2.33. The zero-order chi connectivity index (χ0) is 21.3. The molecule has 0 aliphatic heterocycles. The minimum absolute atomic E-state index is 0.0899. The molecule has 1 atom stereocenters. The average Bonchev–Trinajstić information content (AvgIpc) is 2.76. The molecule has 1 aliphatic rings. The van der Waals surface area contributed by atoms with Crippen molar-refractivity contribution in [3.8, 4) is 0 Å². The standard InChI is InChI=1S/C25H31FN2O2/c1-2-23(25(30)27-22-11-7-4-8-12-22)28(18-20-13-15-21(26)16-14-20)24(29)17-19-9-5-3-6-10-19/h3,5-6,9-10,13-16,22-23H,2,4,7-8,11-12,17-18H2,1H3,(H,27,30)/t23-/m1/s1. The molecule has 0 saturated heterocycles. The lowest BCUT2D eigenvalue weighted by Crippen LogP contribution is -2.51. The first kappa shape index (κ1) is 22.0. The normalized spacial score (nSPS) is 15.4. The van der Waals surface area contributed by atoms with E-state index in [2.05, 4.69) is 5.32 Å². The van der Waals surface area contributed by atoms with E-state index in [1.165, 1.54) is 18.6 Å². The van der Waals surface area contributed by atoms with Gasteiger partial charge in [0, 0.05) is 12.6 Å². The predicted octanol–water partition coefficient (Wildman–Crippen LogP) is 4.62. The third-order valence-electron chi connectivity index (χ3n) is 5.80. The van der Waals surface area contributed by atoms with Crippen molar-refractivity contribution in [3.05, 3.63) is 71.5 Å². The highest BCUT2D eigenvalue weighted by atomic mass is 19.1. The van der Waals surface area contributed by atoms with E-state index >= 15 is 0 Å². The van der Waals surface area contributed by atoms with E-state index in [9.17, 15) is 14.0 Å². The Bertz CT molecular complexity index is 817. The number of nitrogens with one attached hydrogen (secondary N) is 1. The number of carbonyl (C=O) groups is 2. The van der Waals surface area contributed by atoms with Crippen LogP contribution in [0.3, 0.4) is 0 Å². The first-order chi connectivity index (χ1) is 14.6. The van der Waals surface area contributed by atoms with Gasteiger partial charge in [0.2, 0.25) is 11.8 Å². The zero-order valence-corrected chi connectivity index (χ0v) is 17.6. The summed E-state index contributed by atoms with van der Waals surface area (Å²) in [7, 11) is 0. The number of halogens is 1. The molecule has 0 bridgehead atoms. The topological polar surface area (TPSA) is 49.4 Å². The molecule has 0 radical (unpaired) electrons. The van der Waals surface area contributed by atoms with Crippen LogP contribution in [0.4, 0.5) is 4.39 Å². The summed E-state index contributed by atoms with van der Waals surface area (Å²) in [5, 5.41) is 3.17. The minimum Gasteiger partial charge on any atom is -0.352 e. The van der Waals surface area contributed by atoms with E-state index in [1.807, 2.05) is 37.3 Å². The summed E-state index contributed by atoms with van der Waals surface area (Å²) in [5.74, 6) is -0.507. The summed E-state index contributed by atoms with van der Waals surface area (Å²) in [6, 6.07) is 15.3. The number of nitrogens with zero attached hydrogens (tertiary/aromatic N) is 1. The second-order valence-corrected chi connectivity index (χ2v) is 8.08. The molecule has 1 aliphatic carbocycles. The van der Waals surface area contributed by atoms with Crippen LogP contribution >= 0.6 is 0 Å². The Morgan fingerprint density at radius 1 is 1.00 bits per heavy atom. The summed E-state index contributed by atoms with van der Waals surface area (Å²) >= 11 is 0. The minimum atomic E-state index is -0.548. The van der Waals surface area contributed by atoms with E-state index in [-0.39, 0.29) is 36.6 Å². The van der Waals surface area contributed by atoms with Crippen molar-refractivity contribution in [2.75, 3.05) is 0 Å². The summed E-state index contributed by atoms with van der Waals surface area (Å²) in [4.78, 5) is 28.0. The van der Waals surface area contributed by atoms with Gasteiger partial charge >= 0.3 is 0 Å². The van der Waals surface area contributed by atoms with Crippen molar-refractivity contribution >= 4 is 11.8 Å². The van der Waals surface area contributed by atoms with Crippen LogP contribution in [0.5, 0.6) is 0 Å². The predicted molar refractivity (Wildman–Crippen MR) is 116 cm³/mol. The molecular formula is C25H31FN2O2. The molecule has 0 spiro atoms. The van der Waals surface area contributed by atoms with E-state index in [4.69, 9.17) is 0 Å². The number of benzene rings is 2. The summed E-state index contributed by atoms with van der Waals surface area (Å²) < 4.78 is 13.3. The molecule has 3 rings (SSSR count). The van der Waals surface area contributed by atoms with Gasteiger partial charge in [0.15, 0.2) is 0 Å². The summed E-state index contributed by atoms with van der Waals surface area (Å²) in [6.45, 7) is 2.21. The maximum absolute atomic E-state index is 13.3. The largest absolute Gasteiger partial charge is 0.352 e. The Morgan fingerprint density at radius 3 is 2.30 bits per heavy atom. The van der Waals surface area contributed by atoms with Gasteiger partial charge in [0.05, 0.1) is 6.42 Å². The van der Waals surface area contributed by atoms with Crippen molar-refractivity contribution < 1.29 is 14.0 Å². The van der Waals surface area contributed by atoms with Gasteiger partial charge in [-0.15, -0.1) is 0 Å². The Morgan fingerprint density at radius 2 is 1.67 bits per heavy atom. The van der Waals surface area contributed by atoms with Crippen LogP contribution in [0.15, 0.2) is 54.6 Å². The highest BCUT2D eigenvalue weighted by molar-refractivity contribution is 5.88. The van der Waals surface area contributed by atoms with Gasteiger partial charge < -0.3 is 10.2 Å². The maximum Gasteiger partial charge on any atom is 0.243 e. The van der Waals surface area contributed by atoms with Crippen molar-refractivity contribution in [1.29, 1.82) is 0 Å². The van der Waals surface area contributed by atoms with Crippen LogP contribution in [0, 0.1) is 5.82 Å². The molecule has 0 heterocycles. The number of hydrogen-bond acceptors (Lipinski definition) is 2. The monoisotopic (exact) mass is 410 g/mol. The molecule has 1 N–H and O–H groups in total. The van der Waals surface area contributed by atoms with Crippen molar-refractivity contribution in [2.24, 2.45) is 0 Å². The molecule has 2 aromatic rings. The number of rotatable bonds is 8. The molecule has 1 saturated carbocycles. The Balaban J connectivity index is 1.78. The fourth-order valence-corrected chi connectivity index (χ4v) is 4.12. The first-order valence-electron chi connectivity index (χ1n) is 10.9. The SMILES string of the molecule is CC[C@H](C(=O)NC1CCCCC1)N(Cc1ccc(F)cc1)C(=O)Cc1ccccc1. The van der Waals surface area contributed by atoms with Crippen LogP contribution < -0.4 is 5.32 Å². The second-order valence-electron chi connectivity index (χ2n) is 8.08. The third-order valence-corrected chi connectivity index (χ3v) is 5.80. The highest BCUT2D eigenvalue weighted by Gasteiger charge is 2.30. The number of hydrogen-bond donors (Lipinski definition) is 1. The van der Waals surface area contributed by atoms with E-state index < -0.39 is 6.04 Å². The lowest BCUT2D eigenvalue weighted by atomic mass is 9.95. The van der Waals surface area contributed by atoms with E-state index in [0.29, 0.717) is 6.42 Å². The van der Waals surface area contributed by atoms with Crippen molar-refractivity contribution in [3.63, 3.8) is 0 Å². The van der Waals surface area contributed by atoms with E-state index in [0.717, 1.165) is 36.8 Å². The molecule has 1 fully saturated rings. The Kier molecular flexibility index (Phi) is 8.00. The third kappa shape index (κ3) is 6.15. The van der Waals surface area contributed by atoms with Crippen LogP contribution in [-0.2, 0) is 22.6 Å². The lowest BCUT2D eigenvalue weighted by molar-refractivity contribution is -0.141. The number of carbonyl (C=O) groups excluding carboxylic acids is 2. The van der Waals surface area contributed by atoms with Gasteiger partial charge in [-0.25, -0.2) is 4.39 Å². The van der Waals surface area contributed by atoms with Gasteiger partial charge in [-0.2, -0.15) is 0 Å². The molecule has 30 heavy (non-hydrogen) atoms. The van der Waals surface area contributed by atoms with Gasteiger partial charge in [-0.3, -0.25) is 9.59 Å². The Hall–Kier alpha value is -2.69. The second kappa shape index (κ2) is 10.9. The summed E-state index contributed by atoms with van der Waals surface area (Å²) in [6.07, 6.45) is 6.24. The van der Waals surface area contributed by atoms with Crippen LogP contribution in [-0.4, -0.2) is 28.8 Å². The fraction of sp³-hybridized carbons (Fsp3) is 0.440. The molecule has 2 aromatic carbocycles. The Labute approximate surface area is 178 Å². The molecule has 5 heteroatoms. The van der Waals surface area contributed by atoms with E-state index in [1.54, 1.807) is 17.0 Å². The first-order valence-corrected chi connectivity index (χ1v) is 10.9. The smallest absolute Gasteiger partial charge is 0.243 e.